The fourth-order valence-corrected chi connectivity index (χ4v) is 3.15. The Morgan fingerprint density at radius 1 is 1.18 bits per heavy atom. The third-order valence-electron chi connectivity index (χ3n) is 4.85. The molecule has 1 aromatic carbocycles. The van der Waals surface area contributed by atoms with E-state index in [9.17, 15) is 14.0 Å². The molecular formula is C20H25FN4O3. The van der Waals surface area contributed by atoms with E-state index in [-0.39, 0.29) is 23.7 Å². The first-order chi connectivity index (χ1) is 13.5. The molecule has 2 N–H and O–H groups in total. The SMILES string of the molecule is CCc1ncc(CNC(=O)N2CCC(C(=O)NCc3ccc(F)cc3)CC2)o1. The molecule has 28 heavy (non-hydrogen) atoms. The second-order valence-corrected chi connectivity index (χ2v) is 6.84. The van der Waals surface area contributed by atoms with Crippen molar-refractivity contribution in [2.24, 2.45) is 5.92 Å². The van der Waals surface area contributed by atoms with Gasteiger partial charge in [-0.25, -0.2) is 14.2 Å². The minimum atomic E-state index is -0.296. The molecule has 150 valence electrons. The van der Waals surface area contributed by atoms with Crippen molar-refractivity contribution in [1.82, 2.24) is 20.5 Å². The van der Waals surface area contributed by atoms with Gasteiger partial charge in [-0.3, -0.25) is 4.79 Å². The summed E-state index contributed by atoms with van der Waals surface area (Å²) in [4.78, 5) is 30.4. The van der Waals surface area contributed by atoms with Crippen molar-refractivity contribution in [3.05, 3.63) is 53.5 Å². The van der Waals surface area contributed by atoms with Crippen LogP contribution in [0.15, 0.2) is 34.9 Å². The number of oxazole rings is 1. The number of carbonyl (C=O) groups is 2. The molecule has 0 atom stereocenters. The van der Waals surface area contributed by atoms with Crippen molar-refractivity contribution < 1.29 is 18.4 Å². The molecule has 2 aromatic rings. The van der Waals surface area contributed by atoms with E-state index in [0.717, 1.165) is 5.56 Å². The van der Waals surface area contributed by atoms with Gasteiger partial charge in [0.15, 0.2) is 5.89 Å². The van der Waals surface area contributed by atoms with Crippen molar-refractivity contribution >= 4 is 11.9 Å². The summed E-state index contributed by atoms with van der Waals surface area (Å²) in [6.07, 6.45) is 3.57. The predicted molar refractivity (Wildman–Crippen MR) is 101 cm³/mol. The number of amides is 3. The molecule has 1 aliphatic heterocycles. The Morgan fingerprint density at radius 3 is 2.54 bits per heavy atom. The smallest absolute Gasteiger partial charge is 0.317 e. The number of hydrogen-bond donors (Lipinski definition) is 2. The van der Waals surface area contributed by atoms with E-state index in [2.05, 4.69) is 15.6 Å². The summed E-state index contributed by atoms with van der Waals surface area (Å²) >= 11 is 0. The Hall–Kier alpha value is -2.90. The number of benzene rings is 1. The molecule has 8 heteroatoms. The molecule has 1 fully saturated rings. The maximum absolute atomic E-state index is 12.9. The van der Waals surface area contributed by atoms with E-state index in [4.69, 9.17) is 4.42 Å². The topological polar surface area (TPSA) is 87.5 Å². The predicted octanol–water partition coefficient (Wildman–Crippen LogP) is 2.61. The van der Waals surface area contributed by atoms with Gasteiger partial charge in [0.2, 0.25) is 5.91 Å². The summed E-state index contributed by atoms with van der Waals surface area (Å²) in [6, 6.07) is 5.89. The highest BCUT2D eigenvalue weighted by Crippen LogP contribution is 2.18. The summed E-state index contributed by atoms with van der Waals surface area (Å²) in [6.45, 7) is 3.67. The lowest BCUT2D eigenvalue weighted by atomic mass is 9.96. The van der Waals surface area contributed by atoms with Gasteiger partial charge in [0, 0.05) is 32.0 Å². The minimum absolute atomic E-state index is 0.0295. The molecule has 0 bridgehead atoms. The summed E-state index contributed by atoms with van der Waals surface area (Å²) < 4.78 is 18.4. The van der Waals surface area contributed by atoms with E-state index in [1.165, 1.54) is 12.1 Å². The number of halogens is 1. The number of nitrogens with one attached hydrogen (secondary N) is 2. The summed E-state index contributed by atoms with van der Waals surface area (Å²) in [5.74, 6) is 0.829. The first kappa shape index (κ1) is 19.9. The van der Waals surface area contributed by atoms with Gasteiger partial charge < -0.3 is 20.0 Å². The Balaban J connectivity index is 1.38. The largest absolute Gasteiger partial charge is 0.444 e. The molecule has 2 heterocycles. The molecule has 1 aliphatic rings. The van der Waals surface area contributed by atoms with Crippen molar-refractivity contribution in [3.8, 4) is 0 Å². The van der Waals surface area contributed by atoms with Crippen LogP contribution in [0.4, 0.5) is 9.18 Å². The van der Waals surface area contributed by atoms with Crippen LogP contribution < -0.4 is 10.6 Å². The highest BCUT2D eigenvalue weighted by atomic mass is 19.1. The lowest BCUT2D eigenvalue weighted by Gasteiger charge is -2.31. The first-order valence-corrected chi connectivity index (χ1v) is 9.53. The van der Waals surface area contributed by atoms with E-state index >= 15 is 0 Å². The van der Waals surface area contributed by atoms with Crippen LogP contribution in [-0.2, 0) is 24.3 Å². The Kier molecular flexibility index (Phi) is 6.62. The first-order valence-electron chi connectivity index (χ1n) is 9.53. The molecule has 0 aliphatic carbocycles. The van der Waals surface area contributed by atoms with Crippen LogP contribution in [0.25, 0.3) is 0 Å². The van der Waals surface area contributed by atoms with Crippen LogP contribution in [0.3, 0.4) is 0 Å². The zero-order chi connectivity index (χ0) is 19.9. The summed E-state index contributed by atoms with van der Waals surface area (Å²) in [5, 5.41) is 5.71. The van der Waals surface area contributed by atoms with Gasteiger partial charge in [0.05, 0.1) is 12.7 Å². The van der Waals surface area contributed by atoms with Gasteiger partial charge in [-0.05, 0) is 30.5 Å². The second-order valence-electron chi connectivity index (χ2n) is 6.84. The van der Waals surface area contributed by atoms with E-state index < -0.39 is 0 Å². The van der Waals surface area contributed by atoms with Crippen LogP contribution in [0.5, 0.6) is 0 Å². The normalized spacial score (nSPS) is 14.7. The number of urea groups is 1. The molecule has 3 amide bonds. The second kappa shape index (κ2) is 9.34. The standard InChI is InChI=1S/C20H25FN4O3/c1-2-18-22-12-17(28-18)13-24-20(27)25-9-7-15(8-10-25)19(26)23-11-14-3-5-16(21)6-4-14/h3-6,12,15H,2,7-11,13H2,1H3,(H,23,26)(H,24,27). The van der Waals surface area contributed by atoms with Gasteiger partial charge in [0.1, 0.15) is 11.6 Å². The maximum Gasteiger partial charge on any atom is 0.317 e. The van der Waals surface area contributed by atoms with Crippen LogP contribution in [-0.4, -0.2) is 34.9 Å². The molecule has 3 rings (SSSR count). The number of likely N-dealkylation sites (tertiary alicyclic amines) is 1. The van der Waals surface area contributed by atoms with Gasteiger partial charge >= 0.3 is 6.03 Å². The summed E-state index contributed by atoms with van der Waals surface area (Å²) in [5.41, 5.74) is 0.852. The average molecular weight is 388 g/mol. The van der Waals surface area contributed by atoms with Crippen molar-refractivity contribution in [1.29, 1.82) is 0 Å². The van der Waals surface area contributed by atoms with Crippen LogP contribution in [0.1, 0.15) is 37.0 Å². The lowest BCUT2D eigenvalue weighted by molar-refractivity contribution is -0.126. The molecule has 1 aromatic heterocycles. The van der Waals surface area contributed by atoms with Gasteiger partial charge in [0.25, 0.3) is 0 Å². The fourth-order valence-electron chi connectivity index (χ4n) is 3.15. The molecule has 0 unspecified atom stereocenters. The molecular weight excluding hydrogens is 363 g/mol. The molecule has 7 nitrogen and oxygen atoms in total. The Bertz CT molecular complexity index is 798. The zero-order valence-corrected chi connectivity index (χ0v) is 15.9. The highest BCUT2D eigenvalue weighted by Gasteiger charge is 2.27. The van der Waals surface area contributed by atoms with Crippen LogP contribution in [0.2, 0.25) is 0 Å². The maximum atomic E-state index is 12.9. The van der Waals surface area contributed by atoms with Crippen molar-refractivity contribution in [2.75, 3.05) is 13.1 Å². The van der Waals surface area contributed by atoms with Crippen molar-refractivity contribution in [3.63, 3.8) is 0 Å². The number of aryl methyl sites for hydroxylation is 1. The molecule has 0 saturated carbocycles. The Morgan fingerprint density at radius 2 is 1.89 bits per heavy atom. The van der Waals surface area contributed by atoms with Crippen molar-refractivity contribution in [2.45, 2.75) is 39.3 Å². The van der Waals surface area contributed by atoms with Gasteiger partial charge in [-0.1, -0.05) is 19.1 Å². The number of piperidine rings is 1. The molecule has 0 radical (unpaired) electrons. The third-order valence-corrected chi connectivity index (χ3v) is 4.85. The lowest BCUT2D eigenvalue weighted by Crippen LogP contribution is -2.46. The number of hydrogen-bond acceptors (Lipinski definition) is 4. The Labute approximate surface area is 163 Å². The van der Waals surface area contributed by atoms with Gasteiger partial charge in [-0.2, -0.15) is 0 Å². The quantitative estimate of drug-likeness (QED) is 0.796. The van der Waals surface area contributed by atoms with Crippen LogP contribution in [0, 0.1) is 11.7 Å². The molecule has 1 saturated heterocycles. The third kappa shape index (κ3) is 5.31. The zero-order valence-electron chi connectivity index (χ0n) is 15.9. The van der Waals surface area contributed by atoms with E-state index in [1.54, 1.807) is 23.2 Å². The fraction of sp³-hybridized carbons (Fsp3) is 0.450. The number of rotatable bonds is 6. The monoisotopic (exact) mass is 388 g/mol. The summed E-state index contributed by atoms with van der Waals surface area (Å²) in [7, 11) is 0. The van der Waals surface area contributed by atoms with Crippen LogP contribution >= 0.6 is 0 Å². The molecule has 0 spiro atoms. The van der Waals surface area contributed by atoms with Gasteiger partial charge in [-0.15, -0.1) is 0 Å². The number of aromatic nitrogens is 1. The van der Waals surface area contributed by atoms with E-state index in [0.29, 0.717) is 57.1 Å². The number of nitrogens with zero attached hydrogens (tertiary/aromatic N) is 2. The minimum Gasteiger partial charge on any atom is -0.444 e. The van der Waals surface area contributed by atoms with E-state index in [1.807, 2.05) is 6.92 Å². The average Bonchev–Trinajstić information content (AvgIpc) is 3.19. The highest BCUT2D eigenvalue weighted by molar-refractivity contribution is 5.79. The number of carbonyl (C=O) groups excluding carboxylic acids is 2.